The van der Waals surface area contributed by atoms with Crippen LogP contribution in [0.3, 0.4) is 0 Å². The zero-order valence-corrected chi connectivity index (χ0v) is 12.9. The molecule has 0 aromatic carbocycles. The smallest absolute Gasteiger partial charge is 0.241 e. The third-order valence-electron chi connectivity index (χ3n) is 2.96. The lowest BCUT2D eigenvalue weighted by atomic mass is 10.2. The van der Waals surface area contributed by atoms with Gasteiger partial charge in [0.2, 0.25) is 10.0 Å². The van der Waals surface area contributed by atoms with Crippen molar-refractivity contribution in [3.63, 3.8) is 0 Å². The van der Waals surface area contributed by atoms with E-state index in [1.54, 1.807) is 25.4 Å². The van der Waals surface area contributed by atoms with Crippen LogP contribution in [-0.4, -0.2) is 18.5 Å². The Labute approximate surface area is 122 Å². The molecule has 0 aliphatic carbocycles. The molecule has 0 radical (unpaired) electrons. The molecule has 0 saturated heterocycles. The van der Waals surface area contributed by atoms with Crippen LogP contribution in [0, 0.1) is 13.8 Å². The molecule has 0 amide bonds. The molecule has 108 valence electrons. The molecular weight excluding hydrogens is 296 g/mol. The van der Waals surface area contributed by atoms with Gasteiger partial charge in [-0.1, -0.05) is 0 Å². The third-order valence-corrected chi connectivity index (χ3v) is 5.65. The standard InChI is InChI=1S/C13H16N2O3S2/c1-9-6-14-4-3-11(9)7-15-20(17,18)13-5-12(8-16)19-10(13)2/h3-6,15-16H,7-8H2,1-2H3. The van der Waals surface area contributed by atoms with Gasteiger partial charge in [-0.3, -0.25) is 4.98 Å². The van der Waals surface area contributed by atoms with Gasteiger partial charge in [0, 0.05) is 28.7 Å². The zero-order chi connectivity index (χ0) is 14.8. The van der Waals surface area contributed by atoms with E-state index in [0.29, 0.717) is 9.75 Å². The molecule has 20 heavy (non-hydrogen) atoms. The Morgan fingerprint density at radius 2 is 2.15 bits per heavy atom. The summed E-state index contributed by atoms with van der Waals surface area (Å²) in [6.07, 6.45) is 3.33. The van der Waals surface area contributed by atoms with Gasteiger partial charge in [0.15, 0.2) is 0 Å². The van der Waals surface area contributed by atoms with Crippen LogP contribution in [0.4, 0.5) is 0 Å². The molecule has 0 bridgehead atoms. The van der Waals surface area contributed by atoms with Gasteiger partial charge < -0.3 is 5.11 Å². The summed E-state index contributed by atoms with van der Waals surface area (Å²) in [7, 11) is -3.57. The number of pyridine rings is 1. The first-order valence-corrected chi connectivity index (χ1v) is 8.33. The monoisotopic (exact) mass is 312 g/mol. The fraction of sp³-hybridized carbons (Fsp3) is 0.308. The van der Waals surface area contributed by atoms with E-state index in [0.717, 1.165) is 11.1 Å². The molecule has 2 heterocycles. The number of aliphatic hydroxyl groups is 1. The molecule has 0 fully saturated rings. The number of aryl methyl sites for hydroxylation is 2. The minimum absolute atomic E-state index is 0.148. The molecule has 0 saturated carbocycles. The molecule has 5 nitrogen and oxygen atoms in total. The summed E-state index contributed by atoms with van der Waals surface area (Å²) in [6.45, 7) is 3.69. The van der Waals surface area contributed by atoms with E-state index >= 15 is 0 Å². The quantitative estimate of drug-likeness (QED) is 0.881. The van der Waals surface area contributed by atoms with E-state index in [1.165, 1.54) is 17.4 Å². The Kier molecular flexibility index (Phi) is 4.54. The predicted molar refractivity (Wildman–Crippen MR) is 78.0 cm³/mol. The summed E-state index contributed by atoms with van der Waals surface area (Å²) in [5, 5.41) is 9.07. The number of rotatable bonds is 5. The molecule has 7 heteroatoms. The van der Waals surface area contributed by atoms with Gasteiger partial charge in [-0.15, -0.1) is 11.3 Å². The maximum atomic E-state index is 12.3. The van der Waals surface area contributed by atoms with Crippen molar-refractivity contribution in [1.82, 2.24) is 9.71 Å². The average Bonchev–Trinajstić information content (AvgIpc) is 2.80. The summed E-state index contributed by atoms with van der Waals surface area (Å²) in [6, 6.07) is 3.30. The van der Waals surface area contributed by atoms with E-state index in [-0.39, 0.29) is 18.0 Å². The number of hydrogen-bond acceptors (Lipinski definition) is 5. The summed E-state index contributed by atoms with van der Waals surface area (Å²) in [4.78, 5) is 5.52. The molecule has 0 aliphatic heterocycles. The minimum atomic E-state index is -3.57. The number of thiophene rings is 1. The van der Waals surface area contributed by atoms with Crippen LogP contribution >= 0.6 is 11.3 Å². The van der Waals surface area contributed by atoms with Crippen molar-refractivity contribution < 1.29 is 13.5 Å². The number of hydrogen-bond donors (Lipinski definition) is 2. The Morgan fingerprint density at radius 1 is 1.40 bits per heavy atom. The molecule has 0 atom stereocenters. The first-order valence-electron chi connectivity index (χ1n) is 6.03. The Morgan fingerprint density at radius 3 is 2.75 bits per heavy atom. The number of nitrogens with one attached hydrogen (secondary N) is 1. The van der Waals surface area contributed by atoms with Crippen molar-refractivity contribution in [3.8, 4) is 0 Å². The molecule has 2 rings (SSSR count). The van der Waals surface area contributed by atoms with Crippen LogP contribution in [0.15, 0.2) is 29.4 Å². The summed E-state index contributed by atoms with van der Waals surface area (Å²) < 4.78 is 27.1. The third kappa shape index (κ3) is 3.24. The van der Waals surface area contributed by atoms with Gasteiger partial charge in [-0.2, -0.15) is 0 Å². The van der Waals surface area contributed by atoms with Crippen molar-refractivity contribution in [2.75, 3.05) is 0 Å². The Hall–Kier alpha value is -1.28. The van der Waals surface area contributed by atoms with E-state index < -0.39 is 10.0 Å². The Balaban J connectivity index is 2.19. The SMILES string of the molecule is Cc1cnccc1CNS(=O)(=O)c1cc(CO)sc1C. The second-order valence-corrected chi connectivity index (χ2v) is 7.49. The van der Waals surface area contributed by atoms with Crippen LogP contribution in [0.25, 0.3) is 0 Å². The van der Waals surface area contributed by atoms with Crippen LogP contribution in [-0.2, 0) is 23.2 Å². The normalized spacial score (nSPS) is 11.8. The number of sulfonamides is 1. The minimum Gasteiger partial charge on any atom is -0.391 e. The highest BCUT2D eigenvalue weighted by molar-refractivity contribution is 7.89. The maximum absolute atomic E-state index is 12.3. The lowest BCUT2D eigenvalue weighted by Crippen LogP contribution is -2.23. The second-order valence-electron chi connectivity index (χ2n) is 4.42. The van der Waals surface area contributed by atoms with Crippen molar-refractivity contribution >= 4 is 21.4 Å². The van der Waals surface area contributed by atoms with Gasteiger partial charge in [-0.25, -0.2) is 13.1 Å². The first-order chi connectivity index (χ1) is 9.44. The van der Waals surface area contributed by atoms with Crippen molar-refractivity contribution in [2.45, 2.75) is 31.9 Å². The summed E-state index contributed by atoms with van der Waals surface area (Å²) in [5.41, 5.74) is 1.83. The zero-order valence-electron chi connectivity index (χ0n) is 11.3. The number of aromatic nitrogens is 1. The van der Waals surface area contributed by atoms with Crippen molar-refractivity contribution in [2.24, 2.45) is 0 Å². The fourth-order valence-corrected chi connectivity index (χ4v) is 4.32. The second kappa shape index (κ2) is 6.01. The highest BCUT2D eigenvalue weighted by atomic mass is 32.2. The maximum Gasteiger partial charge on any atom is 0.241 e. The van der Waals surface area contributed by atoms with Gasteiger partial charge in [0.1, 0.15) is 0 Å². The van der Waals surface area contributed by atoms with Crippen LogP contribution in [0.2, 0.25) is 0 Å². The average molecular weight is 312 g/mol. The van der Waals surface area contributed by atoms with E-state index in [1.807, 2.05) is 6.92 Å². The number of nitrogens with zero attached hydrogens (tertiary/aromatic N) is 1. The van der Waals surface area contributed by atoms with Gasteiger partial charge >= 0.3 is 0 Å². The van der Waals surface area contributed by atoms with Crippen molar-refractivity contribution in [1.29, 1.82) is 0 Å². The van der Waals surface area contributed by atoms with E-state index in [9.17, 15) is 8.42 Å². The summed E-state index contributed by atoms with van der Waals surface area (Å²) >= 11 is 1.29. The molecular formula is C13H16N2O3S2. The van der Waals surface area contributed by atoms with Gasteiger partial charge in [-0.05, 0) is 37.1 Å². The molecule has 2 aromatic rings. The number of aliphatic hydroxyl groups excluding tert-OH is 1. The summed E-state index contributed by atoms with van der Waals surface area (Å²) in [5.74, 6) is 0. The first kappa shape index (κ1) is 15.1. The van der Waals surface area contributed by atoms with Crippen LogP contribution in [0.5, 0.6) is 0 Å². The largest absolute Gasteiger partial charge is 0.391 e. The highest BCUT2D eigenvalue weighted by Crippen LogP contribution is 2.25. The van der Waals surface area contributed by atoms with E-state index in [2.05, 4.69) is 9.71 Å². The molecule has 2 aromatic heterocycles. The molecule has 0 aliphatic rings. The molecule has 2 N–H and O–H groups in total. The van der Waals surface area contributed by atoms with Crippen molar-refractivity contribution in [3.05, 3.63) is 45.4 Å². The Bertz CT molecular complexity index is 708. The van der Waals surface area contributed by atoms with Crippen LogP contribution in [0.1, 0.15) is 20.9 Å². The van der Waals surface area contributed by atoms with Gasteiger partial charge in [0.05, 0.1) is 11.5 Å². The fourth-order valence-electron chi connectivity index (χ4n) is 1.82. The van der Waals surface area contributed by atoms with Gasteiger partial charge in [0.25, 0.3) is 0 Å². The van der Waals surface area contributed by atoms with E-state index in [4.69, 9.17) is 5.11 Å². The lowest BCUT2D eigenvalue weighted by molar-refractivity contribution is 0.285. The van der Waals surface area contributed by atoms with Crippen LogP contribution < -0.4 is 4.72 Å². The highest BCUT2D eigenvalue weighted by Gasteiger charge is 2.19. The lowest BCUT2D eigenvalue weighted by Gasteiger charge is -2.08. The molecule has 0 spiro atoms. The topological polar surface area (TPSA) is 79.3 Å². The molecule has 0 unspecified atom stereocenters. The predicted octanol–water partition coefficient (Wildman–Crippen LogP) is 1.73.